The first-order chi connectivity index (χ1) is 14.0. The molecule has 158 valence electrons. The van der Waals surface area contributed by atoms with Crippen molar-refractivity contribution in [2.45, 2.75) is 52.9 Å². The Morgan fingerprint density at radius 2 is 2.07 bits per heavy atom. The molecule has 3 rings (SSSR count). The number of hydrogen-bond acceptors (Lipinski definition) is 6. The highest BCUT2D eigenvalue weighted by Crippen LogP contribution is 2.26. The molecule has 0 spiro atoms. The summed E-state index contributed by atoms with van der Waals surface area (Å²) in [5, 5.41) is 10.8. The lowest BCUT2D eigenvalue weighted by Crippen LogP contribution is -2.31. The van der Waals surface area contributed by atoms with Gasteiger partial charge in [-0.15, -0.1) is 0 Å². The van der Waals surface area contributed by atoms with Gasteiger partial charge in [-0.2, -0.15) is 5.10 Å². The fraction of sp³-hybridized carbons (Fsp3) is 0.591. The van der Waals surface area contributed by atoms with Gasteiger partial charge in [0.25, 0.3) is 0 Å². The molecule has 7 heteroatoms. The standard InChI is InChI=1S/C22H34N6O/c1-6-7-8-18-22(28(5)14-17-9-11-29-12-10-17)25-21(16(4)23-18)24-20-13-19(15(2)3)26-27-20/h7-8,13,15,17H,6,9-12,14H2,1-5H3,(H2,24,25,26,27)/b8-7+. The summed E-state index contributed by atoms with van der Waals surface area (Å²) in [6.07, 6.45) is 7.37. The molecule has 0 aromatic carbocycles. The van der Waals surface area contributed by atoms with E-state index in [0.29, 0.717) is 11.8 Å². The Hall–Kier alpha value is -2.41. The first-order valence-electron chi connectivity index (χ1n) is 10.6. The number of aryl methyl sites for hydroxylation is 1. The monoisotopic (exact) mass is 398 g/mol. The normalized spacial score (nSPS) is 15.4. The lowest BCUT2D eigenvalue weighted by molar-refractivity contribution is 0.0685. The molecule has 0 saturated carbocycles. The van der Waals surface area contributed by atoms with Crippen LogP contribution in [0.4, 0.5) is 17.5 Å². The lowest BCUT2D eigenvalue weighted by atomic mass is 10.00. The van der Waals surface area contributed by atoms with Gasteiger partial charge in [0.2, 0.25) is 0 Å². The van der Waals surface area contributed by atoms with E-state index in [2.05, 4.69) is 60.4 Å². The molecule has 1 saturated heterocycles. The summed E-state index contributed by atoms with van der Waals surface area (Å²) in [5.74, 6) is 3.42. The van der Waals surface area contributed by atoms with E-state index >= 15 is 0 Å². The first kappa shape index (κ1) is 21.3. The van der Waals surface area contributed by atoms with Crippen LogP contribution in [0.2, 0.25) is 0 Å². The number of aromatic amines is 1. The van der Waals surface area contributed by atoms with E-state index in [9.17, 15) is 0 Å². The summed E-state index contributed by atoms with van der Waals surface area (Å²) in [4.78, 5) is 12.0. The van der Waals surface area contributed by atoms with Crippen LogP contribution in [0.1, 0.15) is 63.0 Å². The quantitative estimate of drug-likeness (QED) is 0.673. The van der Waals surface area contributed by atoms with Gasteiger partial charge < -0.3 is 15.0 Å². The summed E-state index contributed by atoms with van der Waals surface area (Å²) in [7, 11) is 2.10. The summed E-state index contributed by atoms with van der Waals surface area (Å²) in [6.45, 7) is 11.0. The van der Waals surface area contributed by atoms with Crippen LogP contribution in [0.3, 0.4) is 0 Å². The van der Waals surface area contributed by atoms with Crippen molar-refractivity contribution in [3.63, 3.8) is 0 Å². The van der Waals surface area contributed by atoms with Gasteiger partial charge in [-0.3, -0.25) is 5.10 Å². The van der Waals surface area contributed by atoms with Crippen LogP contribution < -0.4 is 10.2 Å². The van der Waals surface area contributed by atoms with Crippen molar-refractivity contribution in [3.05, 3.63) is 29.2 Å². The molecular formula is C22H34N6O. The van der Waals surface area contributed by atoms with Gasteiger partial charge in [-0.25, -0.2) is 9.97 Å². The van der Waals surface area contributed by atoms with Crippen LogP contribution in [0.15, 0.2) is 12.1 Å². The number of anilines is 3. The molecule has 0 atom stereocenters. The van der Waals surface area contributed by atoms with Gasteiger partial charge in [0.1, 0.15) is 5.69 Å². The topological polar surface area (TPSA) is 79.0 Å². The Morgan fingerprint density at radius 1 is 1.31 bits per heavy atom. The van der Waals surface area contributed by atoms with Gasteiger partial charge in [0, 0.05) is 38.6 Å². The predicted octanol–water partition coefficient (Wildman–Crippen LogP) is 4.66. The maximum Gasteiger partial charge on any atom is 0.156 e. The van der Waals surface area contributed by atoms with Gasteiger partial charge in [0.15, 0.2) is 17.5 Å². The van der Waals surface area contributed by atoms with Crippen LogP contribution in [0, 0.1) is 12.8 Å². The maximum absolute atomic E-state index is 5.51. The van der Waals surface area contributed by atoms with Crippen LogP contribution in [0.5, 0.6) is 0 Å². The molecule has 0 bridgehead atoms. The highest BCUT2D eigenvalue weighted by molar-refractivity contribution is 5.65. The molecule has 2 aromatic rings. The molecule has 2 N–H and O–H groups in total. The minimum atomic E-state index is 0.396. The third-order valence-corrected chi connectivity index (χ3v) is 5.29. The molecule has 2 aromatic heterocycles. The molecule has 1 aliphatic heterocycles. The van der Waals surface area contributed by atoms with Gasteiger partial charge in [0.05, 0.1) is 5.69 Å². The Labute approximate surface area is 174 Å². The average Bonchev–Trinajstić information content (AvgIpc) is 3.17. The molecule has 0 unspecified atom stereocenters. The van der Waals surface area contributed by atoms with E-state index in [4.69, 9.17) is 14.7 Å². The number of nitrogens with zero attached hydrogens (tertiary/aromatic N) is 4. The van der Waals surface area contributed by atoms with E-state index in [-0.39, 0.29) is 0 Å². The van der Waals surface area contributed by atoms with E-state index in [1.807, 2.05) is 13.0 Å². The molecule has 0 amide bonds. The van der Waals surface area contributed by atoms with Crippen LogP contribution in [-0.4, -0.2) is 47.0 Å². The number of nitrogens with one attached hydrogen (secondary N) is 2. The first-order valence-corrected chi connectivity index (χ1v) is 10.6. The Morgan fingerprint density at radius 3 is 2.72 bits per heavy atom. The average molecular weight is 399 g/mol. The smallest absolute Gasteiger partial charge is 0.156 e. The molecule has 7 nitrogen and oxygen atoms in total. The molecule has 29 heavy (non-hydrogen) atoms. The maximum atomic E-state index is 5.51. The van der Waals surface area contributed by atoms with Gasteiger partial charge in [-0.05, 0) is 44.1 Å². The van der Waals surface area contributed by atoms with Crippen molar-refractivity contribution < 1.29 is 4.74 Å². The van der Waals surface area contributed by atoms with E-state index < -0.39 is 0 Å². The van der Waals surface area contributed by atoms with E-state index in [1.165, 1.54) is 0 Å². The minimum Gasteiger partial charge on any atom is -0.381 e. The second-order valence-corrected chi connectivity index (χ2v) is 8.10. The van der Waals surface area contributed by atoms with E-state index in [0.717, 1.165) is 73.6 Å². The van der Waals surface area contributed by atoms with Crippen LogP contribution >= 0.6 is 0 Å². The van der Waals surface area contributed by atoms with Crippen LogP contribution in [-0.2, 0) is 4.74 Å². The SMILES string of the molecule is CC/C=C/c1nc(C)c(Nc2cc(C(C)C)[nH]n2)nc1N(C)CC1CCOCC1. The fourth-order valence-electron chi connectivity index (χ4n) is 3.49. The predicted molar refractivity (Wildman–Crippen MR) is 119 cm³/mol. The number of H-pyrrole nitrogens is 1. The lowest BCUT2D eigenvalue weighted by Gasteiger charge is -2.28. The van der Waals surface area contributed by atoms with Crippen molar-refractivity contribution in [1.82, 2.24) is 20.2 Å². The summed E-state index contributed by atoms with van der Waals surface area (Å²) < 4.78 is 5.51. The van der Waals surface area contributed by atoms with Crippen molar-refractivity contribution >= 4 is 23.5 Å². The third kappa shape index (κ3) is 5.56. The fourth-order valence-corrected chi connectivity index (χ4v) is 3.49. The molecular weight excluding hydrogens is 364 g/mol. The van der Waals surface area contributed by atoms with Gasteiger partial charge >= 0.3 is 0 Å². The largest absolute Gasteiger partial charge is 0.381 e. The highest BCUT2D eigenvalue weighted by Gasteiger charge is 2.20. The van der Waals surface area contributed by atoms with Crippen LogP contribution in [0.25, 0.3) is 6.08 Å². The van der Waals surface area contributed by atoms with E-state index in [1.54, 1.807) is 0 Å². The number of rotatable bonds is 8. The number of ether oxygens (including phenoxy) is 1. The van der Waals surface area contributed by atoms with Gasteiger partial charge in [-0.1, -0.05) is 26.8 Å². The Bertz CT molecular complexity index is 823. The van der Waals surface area contributed by atoms with Crippen molar-refractivity contribution in [2.75, 3.05) is 37.0 Å². The minimum absolute atomic E-state index is 0.396. The number of hydrogen-bond donors (Lipinski definition) is 2. The van der Waals surface area contributed by atoms with Crippen molar-refractivity contribution in [2.24, 2.45) is 5.92 Å². The summed E-state index contributed by atoms with van der Waals surface area (Å²) in [6, 6.07) is 2.03. The zero-order valence-corrected chi connectivity index (χ0v) is 18.3. The number of aromatic nitrogens is 4. The Kier molecular flexibility index (Phi) is 7.25. The second kappa shape index (κ2) is 9.87. The summed E-state index contributed by atoms with van der Waals surface area (Å²) in [5.41, 5.74) is 2.87. The molecule has 0 aliphatic carbocycles. The zero-order valence-electron chi connectivity index (χ0n) is 18.3. The molecule has 1 fully saturated rings. The Balaban J connectivity index is 1.86. The number of allylic oxidation sites excluding steroid dienone is 1. The molecule has 0 radical (unpaired) electrons. The molecule has 1 aliphatic rings. The second-order valence-electron chi connectivity index (χ2n) is 8.10. The molecule has 3 heterocycles. The van der Waals surface area contributed by atoms with Crippen molar-refractivity contribution in [3.8, 4) is 0 Å². The van der Waals surface area contributed by atoms with Crippen molar-refractivity contribution in [1.29, 1.82) is 0 Å². The third-order valence-electron chi connectivity index (χ3n) is 5.29. The zero-order chi connectivity index (χ0) is 20.8. The summed E-state index contributed by atoms with van der Waals surface area (Å²) >= 11 is 0. The highest BCUT2D eigenvalue weighted by atomic mass is 16.5.